The molecule has 0 saturated heterocycles. The summed E-state index contributed by atoms with van der Waals surface area (Å²) in [5.74, 6) is 0. The van der Waals surface area contributed by atoms with Gasteiger partial charge in [-0.15, -0.1) is 0 Å². The highest BCUT2D eigenvalue weighted by atomic mass is 16.3. The molecule has 4 aromatic rings. The lowest BCUT2D eigenvalue weighted by Crippen LogP contribution is -2.05. The van der Waals surface area contributed by atoms with Crippen LogP contribution in [0.1, 0.15) is 16.7 Å². The molecule has 0 fully saturated rings. The van der Waals surface area contributed by atoms with Crippen molar-refractivity contribution >= 4 is 33.2 Å². The molecule has 0 unspecified atom stereocenters. The molecule has 0 bridgehead atoms. The number of hydrogen-bond acceptors (Lipinski definition) is 4. The Hall–Kier alpha value is -3.11. The summed E-state index contributed by atoms with van der Waals surface area (Å²) < 4.78 is 0. The summed E-state index contributed by atoms with van der Waals surface area (Å²) in [7, 11) is 0. The molecular formula is C21H15N3O. The number of benzene rings is 2. The van der Waals surface area contributed by atoms with E-state index in [9.17, 15) is 5.11 Å². The molecule has 0 atom stereocenters. The van der Waals surface area contributed by atoms with Crippen LogP contribution in [0.15, 0.2) is 65.9 Å². The lowest BCUT2D eigenvalue weighted by molar-refractivity contribution is 0.281. The van der Waals surface area contributed by atoms with Gasteiger partial charge in [0.15, 0.2) is 0 Å². The highest BCUT2D eigenvalue weighted by Gasteiger charge is 2.23. The van der Waals surface area contributed by atoms with Crippen molar-refractivity contribution in [2.24, 2.45) is 4.99 Å². The minimum Gasteiger partial charge on any atom is -0.392 e. The molecule has 0 spiro atoms. The topological polar surface area (TPSA) is 58.4 Å². The van der Waals surface area contributed by atoms with Crippen LogP contribution in [0.4, 0.5) is 5.69 Å². The standard InChI is InChI=1S/C21H15N3O/c25-12-13-5-1-2-6-14(13)18-11-17-15-7-3-9-22-20(15)21-16(19(17)24-18)8-4-10-23-21/h1-10,25H,11-12H2. The van der Waals surface area contributed by atoms with E-state index in [1.807, 2.05) is 36.4 Å². The minimum absolute atomic E-state index is 0.0101. The summed E-state index contributed by atoms with van der Waals surface area (Å²) in [5.41, 5.74) is 6.87. The van der Waals surface area contributed by atoms with Gasteiger partial charge in [0.25, 0.3) is 0 Å². The number of nitrogens with zero attached hydrogens (tertiary/aromatic N) is 3. The van der Waals surface area contributed by atoms with Gasteiger partial charge in [0.1, 0.15) is 0 Å². The lowest BCUT2D eigenvalue weighted by Gasteiger charge is -2.08. The highest BCUT2D eigenvalue weighted by molar-refractivity contribution is 6.18. The first kappa shape index (κ1) is 14.3. The van der Waals surface area contributed by atoms with Gasteiger partial charge < -0.3 is 5.11 Å². The van der Waals surface area contributed by atoms with Crippen LogP contribution < -0.4 is 0 Å². The molecule has 120 valence electrons. The maximum atomic E-state index is 9.66. The second-order valence-corrected chi connectivity index (χ2v) is 6.18. The Kier molecular flexibility index (Phi) is 3.11. The molecule has 2 aromatic heterocycles. The van der Waals surface area contributed by atoms with Gasteiger partial charge in [-0.05, 0) is 29.3 Å². The number of aliphatic hydroxyl groups is 1. The van der Waals surface area contributed by atoms with Crippen LogP contribution in [-0.2, 0) is 13.0 Å². The largest absolute Gasteiger partial charge is 0.392 e. The summed E-state index contributed by atoms with van der Waals surface area (Å²) >= 11 is 0. The summed E-state index contributed by atoms with van der Waals surface area (Å²) in [4.78, 5) is 14.1. The maximum absolute atomic E-state index is 9.66. The average molecular weight is 325 g/mol. The first-order valence-electron chi connectivity index (χ1n) is 8.28. The Morgan fingerprint density at radius 2 is 1.56 bits per heavy atom. The number of fused-ring (bicyclic) bond motifs is 6. The van der Waals surface area contributed by atoms with Crippen molar-refractivity contribution in [2.75, 3.05) is 0 Å². The van der Waals surface area contributed by atoms with Crippen LogP contribution in [0.2, 0.25) is 0 Å². The molecule has 0 saturated carbocycles. The van der Waals surface area contributed by atoms with Gasteiger partial charge in [-0.3, -0.25) is 15.0 Å². The van der Waals surface area contributed by atoms with Crippen molar-refractivity contribution in [3.8, 4) is 0 Å². The van der Waals surface area contributed by atoms with Crippen LogP contribution in [0, 0.1) is 0 Å². The second-order valence-electron chi connectivity index (χ2n) is 6.18. The van der Waals surface area contributed by atoms with Gasteiger partial charge in [0.2, 0.25) is 0 Å². The summed E-state index contributed by atoms with van der Waals surface area (Å²) in [6.07, 6.45) is 4.34. The number of aliphatic imine (C=N–C) groups is 1. The van der Waals surface area contributed by atoms with Gasteiger partial charge >= 0.3 is 0 Å². The Labute approximate surface area is 144 Å². The smallest absolute Gasteiger partial charge is 0.0986 e. The molecule has 3 heterocycles. The van der Waals surface area contributed by atoms with Crippen LogP contribution >= 0.6 is 0 Å². The number of hydrogen-bond donors (Lipinski definition) is 1. The predicted octanol–water partition coefficient (Wildman–Crippen LogP) is 3.95. The Balaban J connectivity index is 1.82. The second kappa shape index (κ2) is 5.46. The van der Waals surface area contributed by atoms with Crippen molar-refractivity contribution in [2.45, 2.75) is 13.0 Å². The predicted molar refractivity (Wildman–Crippen MR) is 99.3 cm³/mol. The van der Waals surface area contributed by atoms with E-state index in [0.717, 1.165) is 50.8 Å². The zero-order valence-electron chi connectivity index (χ0n) is 13.5. The van der Waals surface area contributed by atoms with Crippen LogP contribution in [-0.4, -0.2) is 20.8 Å². The minimum atomic E-state index is 0.0101. The molecule has 0 radical (unpaired) electrons. The van der Waals surface area contributed by atoms with E-state index >= 15 is 0 Å². The van der Waals surface area contributed by atoms with E-state index in [-0.39, 0.29) is 6.61 Å². The number of aliphatic hydroxyl groups excluding tert-OH is 1. The van der Waals surface area contributed by atoms with E-state index in [4.69, 9.17) is 4.99 Å². The fraction of sp³-hybridized carbons (Fsp3) is 0.0952. The molecule has 4 heteroatoms. The molecule has 1 N–H and O–H groups in total. The van der Waals surface area contributed by atoms with Gasteiger partial charge in [-0.25, -0.2) is 0 Å². The van der Waals surface area contributed by atoms with Crippen LogP contribution in [0.25, 0.3) is 21.8 Å². The fourth-order valence-corrected chi connectivity index (χ4v) is 3.66. The third-order valence-electron chi connectivity index (χ3n) is 4.80. The Bertz CT molecular complexity index is 1160. The SMILES string of the molecule is OCc1ccccc1C1=Nc2c(c3cccnc3c3ncccc23)C1. The van der Waals surface area contributed by atoms with Crippen molar-refractivity contribution in [3.05, 3.63) is 77.6 Å². The van der Waals surface area contributed by atoms with E-state index in [1.165, 1.54) is 5.56 Å². The van der Waals surface area contributed by atoms with Gasteiger partial charge in [0, 0.05) is 35.2 Å². The molecule has 0 aliphatic carbocycles. The molecule has 0 amide bonds. The van der Waals surface area contributed by atoms with Gasteiger partial charge in [-0.1, -0.05) is 30.3 Å². The Morgan fingerprint density at radius 1 is 0.840 bits per heavy atom. The first-order valence-corrected chi connectivity index (χ1v) is 8.28. The fourth-order valence-electron chi connectivity index (χ4n) is 3.66. The molecule has 1 aliphatic rings. The van der Waals surface area contributed by atoms with E-state index in [1.54, 1.807) is 12.4 Å². The van der Waals surface area contributed by atoms with Gasteiger partial charge in [0.05, 0.1) is 29.0 Å². The third kappa shape index (κ3) is 2.08. The quantitative estimate of drug-likeness (QED) is 0.568. The normalized spacial score (nSPS) is 13.2. The van der Waals surface area contributed by atoms with E-state index in [0.29, 0.717) is 0 Å². The molecular weight excluding hydrogens is 310 g/mol. The molecule has 4 nitrogen and oxygen atoms in total. The average Bonchev–Trinajstić information content (AvgIpc) is 3.14. The van der Waals surface area contributed by atoms with Crippen LogP contribution in [0.5, 0.6) is 0 Å². The lowest BCUT2D eigenvalue weighted by atomic mass is 9.96. The summed E-state index contributed by atoms with van der Waals surface area (Å²) in [5, 5.41) is 11.8. The van der Waals surface area contributed by atoms with Crippen molar-refractivity contribution in [1.82, 2.24) is 9.97 Å². The number of rotatable bonds is 2. The van der Waals surface area contributed by atoms with Crippen molar-refractivity contribution in [1.29, 1.82) is 0 Å². The Morgan fingerprint density at radius 3 is 2.36 bits per heavy atom. The molecule has 5 rings (SSSR count). The monoisotopic (exact) mass is 325 g/mol. The summed E-state index contributed by atoms with van der Waals surface area (Å²) in [6.45, 7) is 0.0101. The van der Waals surface area contributed by atoms with E-state index in [2.05, 4.69) is 22.1 Å². The highest BCUT2D eigenvalue weighted by Crippen LogP contribution is 2.41. The maximum Gasteiger partial charge on any atom is 0.0986 e. The van der Waals surface area contributed by atoms with Crippen molar-refractivity contribution < 1.29 is 5.11 Å². The van der Waals surface area contributed by atoms with Crippen LogP contribution in [0.3, 0.4) is 0 Å². The number of aromatic nitrogens is 2. The van der Waals surface area contributed by atoms with E-state index < -0.39 is 0 Å². The number of pyridine rings is 2. The molecule has 25 heavy (non-hydrogen) atoms. The first-order chi connectivity index (χ1) is 12.4. The molecule has 1 aliphatic heterocycles. The zero-order chi connectivity index (χ0) is 16.8. The third-order valence-corrected chi connectivity index (χ3v) is 4.80. The zero-order valence-corrected chi connectivity index (χ0v) is 13.5. The molecule has 2 aromatic carbocycles. The summed E-state index contributed by atoms with van der Waals surface area (Å²) in [6, 6.07) is 15.9. The van der Waals surface area contributed by atoms with Gasteiger partial charge in [-0.2, -0.15) is 0 Å². The van der Waals surface area contributed by atoms with Crippen molar-refractivity contribution in [3.63, 3.8) is 0 Å².